The van der Waals surface area contributed by atoms with Gasteiger partial charge < -0.3 is 0 Å². The number of aromatic nitrogens is 3. The van der Waals surface area contributed by atoms with Crippen molar-refractivity contribution in [3.05, 3.63) is 51.7 Å². The highest BCUT2D eigenvalue weighted by Crippen LogP contribution is 2.24. The average Bonchev–Trinajstić information content (AvgIpc) is 3.28. The summed E-state index contributed by atoms with van der Waals surface area (Å²) in [6.45, 7) is 3.90. The molecule has 0 saturated heterocycles. The number of amides is 1. The number of hydrogen-bond acceptors (Lipinski definition) is 6. The van der Waals surface area contributed by atoms with Gasteiger partial charge in [0.25, 0.3) is 5.91 Å². The third-order valence-corrected chi connectivity index (χ3v) is 4.84. The number of anilines is 1. The first-order valence-corrected chi connectivity index (χ1v) is 8.77. The fourth-order valence-electron chi connectivity index (χ4n) is 2.31. The Balaban J connectivity index is 1.93. The maximum Gasteiger partial charge on any atom is 0.268 e. The number of thiazole rings is 2. The zero-order valence-electron chi connectivity index (χ0n) is 13.0. The van der Waals surface area contributed by atoms with E-state index in [9.17, 15) is 10.1 Å². The summed E-state index contributed by atoms with van der Waals surface area (Å²) in [6, 6.07) is 3.89. The quantitative estimate of drug-likeness (QED) is 0.573. The Morgan fingerprint density at radius 2 is 2.04 bits per heavy atom. The van der Waals surface area contributed by atoms with Gasteiger partial charge in [0, 0.05) is 34.5 Å². The van der Waals surface area contributed by atoms with Gasteiger partial charge in [-0.05, 0) is 31.6 Å². The lowest BCUT2D eigenvalue weighted by Gasteiger charge is -2.04. The van der Waals surface area contributed by atoms with E-state index in [1.807, 2.05) is 35.9 Å². The van der Waals surface area contributed by atoms with E-state index < -0.39 is 5.91 Å². The summed E-state index contributed by atoms with van der Waals surface area (Å²) in [5.41, 5.74) is 2.77. The number of carbonyl (C=O) groups is 1. The Kier molecular flexibility index (Phi) is 4.55. The molecule has 6 nitrogen and oxygen atoms in total. The molecule has 3 aromatic heterocycles. The second-order valence-corrected chi connectivity index (χ2v) is 6.71. The Labute approximate surface area is 146 Å². The zero-order chi connectivity index (χ0) is 17.1. The molecule has 0 spiro atoms. The Morgan fingerprint density at radius 3 is 2.67 bits per heavy atom. The van der Waals surface area contributed by atoms with Gasteiger partial charge in [0.15, 0.2) is 10.3 Å². The molecule has 0 aliphatic carbocycles. The van der Waals surface area contributed by atoms with Crippen LogP contribution in [0.2, 0.25) is 0 Å². The second kappa shape index (κ2) is 6.78. The van der Waals surface area contributed by atoms with Gasteiger partial charge in [-0.15, -0.1) is 22.7 Å². The van der Waals surface area contributed by atoms with Gasteiger partial charge in [-0.2, -0.15) is 5.26 Å². The lowest BCUT2D eigenvalue weighted by Crippen LogP contribution is -2.13. The number of aryl methyl sites for hydroxylation is 1. The molecular formula is C16H13N5OS2. The van der Waals surface area contributed by atoms with Crippen LogP contribution < -0.4 is 5.32 Å². The van der Waals surface area contributed by atoms with Crippen LogP contribution in [0.4, 0.5) is 5.13 Å². The van der Waals surface area contributed by atoms with E-state index in [1.54, 1.807) is 23.8 Å². The number of carbonyl (C=O) groups excluding carboxylic acids is 1. The van der Waals surface area contributed by atoms with Gasteiger partial charge in [-0.1, -0.05) is 0 Å². The van der Waals surface area contributed by atoms with Gasteiger partial charge >= 0.3 is 0 Å². The first-order valence-electron chi connectivity index (χ1n) is 7.01. The molecule has 0 aliphatic rings. The van der Waals surface area contributed by atoms with Crippen molar-refractivity contribution in [2.75, 3.05) is 5.32 Å². The minimum Gasteiger partial charge on any atom is -0.297 e. The summed E-state index contributed by atoms with van der Waals surface area (Å²) in [5, 5.41) is 16.9. The highest BCUT2D eigenvalue weighted by Gasteiger charge is 2.15. The lowest BCUT2D eigenvalue weighted by atomic mass is 10.1. The molecule has 8 heteroatoms. The number of nitriles is 1. The second-order valence-electron chi connectivity index (χ2n) is 4.94. The van der Waals surface area contributed by atoms with Crippen LogP contribution in [0, 0.1) is 25.2 Å². The molecule has 0 atom stereocenters. The molecule has 0 aromatic carbocycles. The smallest absolute Gasteiger partial charge is 0.268 e. The van der Waals surface area contributed by atoms with Gasteiger partial charge in [0.1, 0.15) is 11.6 Å². The topological polar surface area (TPSA) is 83.6 Å². The van der Waals surface area contributed by atoms with E-state index in [0.29, 0.717) is 5.13 Å². The normalized spacial score (nSPS) is 11.3. The summed E-state index contributed by atoms with van der Waals surface area (Å²) in [6.07, 6.45) is 4.93. The SMILES string of the molecule is Cc1cc(/C=C(\C#N)C(=O)Nc2nccs2)c(C)n1-c1nccs1. The maximum atomic E-state index is 12.2. The fourth-order valence-corrected chi connectivity index (χ4v) is 3.58. The molecule has 1 amide bonds. The first kappa shape index (κ1) is 16.1. The van der Waals surface area contributed by atoms with Crippen molar-refractivity contribution >= 4 is 39.8 Å². The van der Waals surface area contributed by atoms with Crippen LogP contribution in [-0.4, -0.2) is 20.4 Å². The average molecular weight is 355 g/mol. The predicted molar refractivity (Wildman–Crippen MR) is 95.2 cm³/mol. The monoisotopic (exact) mass is 355 g/mol. The third-order valence-electron chi connectivity index (χ3n) is 3.40. The molecule has 24 heavy (non-hydrogen) atoms. The highest BCUT2D eigenvalue weighted by molar-refractivity contribution is 7.13. The van der Waals surface area contributed by atoms with Crippen molar-refractivity contribution in [1.82, 2.24) is 14.5 Å². The largest absolute Gasteiger partial charge is 0.297 e. The van der Waals surface area contributed by atoms with E-state index in [-0.39, 0.29) is 5.57 Å². The van der Waals surface area contributed by atoms with Crippen LogP contribution >= 0.6 is 22.7 Å². The summed E-state index contributed by atoms with van der Waals surface area (Å²) >= 11 is 2.83. The minimum absolute atomic E-state index is 0.0320. The summed E-state index contributed by atoms with van der Waals surface area (Å²) in [7, 11) is 0. The number of nitrogens with one attached hydrogen (secondary N) is 1. The van der Waals surface area contributed by atoms with Crippen LogP contribution in [0.15, 0.2) is 34.8 Å². The number of hydrogen-bond donors (Lipinski definition) is 1. The van der Waals surface area contributed by atoms with Crippen molar-refractivity contribution in [3.63, 3.8) is 0 Å². The molecule has 3 aromatic rings. The maximum absolute atomic E-state index is 12.2. The molecule has 0 bridgehead atoms. The number of rotatable bonds is 4. The lowest BCUT2D eigenvalue weighted by molar-refractivity contribution is -0.112. The van der Waals surface area contributed by atoms with Crippen LogP contribution in [0.3, 0.4) is 0 Å². The van der Waals surface area contributed by atoms with E-state index in [2.05, 4.69) is 15.3 Å². The van der Waals surface area contributed by atoms with Crippen molar-refractivity contribution in [2.24, 2.45) is 0 Å². The van der Waals surface area contributed by atoms with Crippen LogP contribution in [0.1, 0.15) is 17.0 Å². The van der Waals surface area contributed by atoms with Crippen LogP contribution in [0.25, 0.3) is 11.2 Å². The van der Waals surface area contributed by atoms with E-state index in [1.165, 1.54) is 22.7 Å². The number of nitrogens with zero attached hydrogens (tertiary/aromatic N) is 4. The Hall–Kier alpha value is -2.76. The minimum atomic E-state index is -0.466. The Bertz CT molecular complexity index is 930. The van der Waals surface area contributed by atoms with Gasteiger partial charge in [-0.3, -0.25) is 14.7 Å². The predicted octanol–water partition coefficient (Wildman–Crippen LogP) is 3.55. The molecule has 120 valence electrons. The van der Waals surface area contributed by atoms with Crippen molar-refractivity contribution in [3.8, 4) is 11.2 Å². The van der Waals surface area contributed by atoms with Crippen LogP contribution in [0.5, 0.6) is 0 Å². The molecule has 3 rings (SSSR count). The van der Waals surface area contributed by atoms with Gasteiger partial charge in [0.05, 0.1) is 0 Å². The van der Waals surface area contributed by atoms with E-state index >= 15 is 0 Å². The molecule has 0 unspecified atom stereocenters. The van der Waals surface area contributed by atoms with Gasteiger partial charge in [0.2, 0.25) is 0 Å². The summed E-state index contributed by atoms with van der Waals surface area (Å²) in [4.78, 5) is 20.5. The van der Waals surface area contributed by atoms with Crippen molar-refractivity contribution < 1.29 is 4.79 Å². The van der Waals surface area contributed by atoms with Crippen LogP contribution in [-0.2, 0) is 4.79 Å². The molecule has 1 N–H and O–H groups in total. The molecule has 3 heterocycles. The molecule has 0 fully saturated rings. The molecular weight excluding hydrogens is 342 g/mol. The highest BCUT2D eigenvalue weighted by atomic mass is 32.1. The van der Waals surface area contributed by atoms with Gasteiger partial charge in [-0.25, -0.2) is 9.97 Å². The zero-order valence-corrected chi connectivity index (χ0v) is 14.6. The molecule has 0 radical (unpaired) electrons. The van der Waals surface area contributed by atoms with Crippen molar-refractivity contribution in [2.45, 2.75) is 13.8 Å². The molecule has 0 saturated carbocycles. The molecule has 0 aliphatic heterocycles. The first-order chi connectivity index (χ1) is 11.6. The van der Waals surface area contributed by atoms with E-state index in [0.717, 1.165) is 22.1 Å². The van der Waals surface area contributed by atoms with E-state index in [4.69, 9.17) is 0 Å². The fraction of sp³-hybridized carbons (Fsp3) is 0.125. The standard InChI is InChI=1S/C16H13N5OS2/c1-10-7-12(11(2)21(10)16-19-4-6-24-16)8-13(9-17)14(22)20-15-18-3-5-23-15/h3-8H,1-2H3,(H,18,20,22)/b13-8+. The third kappa shape index (κ3) is 3.13. The Morgan fingerprint density at radius 1 is 1.29 bits per heavy atom. The summed E-state index contributed by atoms with van der Waals surface area (Å²) < 4.78 is 2.00. The van der Waals surface area contributed by atoms with Crippen molar-refractivity contribution in [1.29, 1.82) is 5.26 Å². The summed E-state index contributed by atoms with van der Waals surface area (Å²) in [5.74, 6) is -0.466.